The maximum Gasteiger partial charge on any atom is 0.339 e. The van der Waals surface area contributed by atoms with Crippen LogP contribution in [0.1, 0.15) is 42.3 Å². The van der Waals surface area contributed by atoms with E-state index in [1.807, 2.05) is 0 Å². The molecule has 1 aliphatic heterocycles. The summed E-state index contributed by atoms with van der Waals surface area (Å²) in [5.74, 6) is -2.25. The molecule has 28 heavy (non-hydrogen) atoms. The van der Waals surface area contributed by atoms with E-state index in [1.165, 1.54) is 6.92 Å². The molecule has 0 unspecified atom stereocenters. The second-order valence-corrected chi connectivity index (χ2v) is 6.55. The number of carbonyl (C=O) groups excluding carboxylic acids is 3. The van der Waals surface area contributed by atoms with Gasteiger partial charge in [0.25, 0.3) is 0 Å². The summed E-state index contributed by atoms with van der Waals surface area (Å²) in [6.45, 7) is 4.83. The van der Waals surface area contributed by atoms with Crippen LogP contribution in [0.5, 0.6) is 0 Å². The van der Waals surface area contributed by atoms with E-state index in [0.29, 0.717) is 16.7 Å². The Bertz CT molecular complexity index is 886. The van der Waals surface area contributed by atoms with Gasteiger partial charge in [0.1, 0.15) is 0 Å². The third kappa shape index (κ3) is 2.68. The van der Waals surface area contributed by atoms with Crippen molar-refractivity contribution >= 4 is 17.9 Å². The average Bonchev–Trinajstić information content (AvgIpc) is 3.02. The van der Waals surface area contributed by atoms with Crippen LogP contribution in [0.25, 0.3) is 0 Å². The van der Waals surface area contributed by atoms with Crippen LogP contribution >= 0.6 is 0 Å². The molecule has 6 heteroatoms. The van der Waals surface area contributed by atoms with Crippen LogP contribution in [-0.4, -0.2) is 31.1 Å². The molecule has 2 aromatic carbocycles. The van der Waals surface area contributed by atoms with E-state index in [-0.39, 0.29) is 13.2 Å². The van der Waals surface area contributed by atoms with Crippen molar-refractivity contribution in [2.45, 2.75) is 26.4 Å². The number of rotatable bonds is 6. The van der Waals surface area contributed by atoms with Crippen LogP contribution in [-0.2, 0) is 29.4 Å². The van der Waals surface area contributed by atoms with Crippen molar-refractivity contribution in [3.63, 3.8) is 0 Å². The Labute approximate surface area is 163 Å². The molecule has 0 amide bonds. The molecule has 0 N–H and O–H groups in total. The van der Waals surface area contributed by atoms with Gasteiger partial charge >= 0.3 is 17.9 Å². The number of hydrogen-bond donors (Lipinski definition) is 0. The van der Waals surface area contributed by atoms with Gasteiger partial charge in [0.2, 0.25) is 5.41 Å². The predicted molar refractivity (Wildman–Crippen MR) is 100 cm³/mol. The van der Waals surface area contributed by atoms with Gasteiger partial charge < -0.3 is 14.2 Å². The lowest BCUT2D eigenvalue weighted by molar-refractivity contribution is -0.187. The molecule has 0 fully saturated rings. The molecule has 0 saturated heterocycles. The van der Waals surface area contributed by atoms with E-state index in [2.05, 4.69) is 0 Å². The van der Waals surface area contributed by atoms with Gasteiger partial charge in [-0.3, -0.25) is 9.59 Å². The number of fused-ring (bicyclic) bond motifs is 1. The van der Waals surface area contributed by atoms with Gasteiger partial charge in [-0.05, 0) is 26.8 Å². The molecule has 6 nitrogen and oxygen atoms in total. The monoisotopic (exact) mass is 382 g/mol. The summed E-state index contributed by atoms with van der Waals surface area (Å²) in [5.41, 5.74) is -2.44. The highest BCUT2D eigenvalue weighted by Crippen LogP contribution is 2.54. The van der Waals surface area contributed by atoms with E-state index in [4.69, 9.17) is 14.2 Å². The van der Waals surface area contributed by atoms with Crippen molar-refractivity contribution in [1.29, 1.82) is 0 Å². The number of hydrogen-bond acceptors (Lipinski definition) is 6. The standard InChI is InChI=1S/C22H22O6/c1-4-26-19(24)21(3,20(25)27-5-2)22(15-11-7-6-8-12-15)17-14-10-9-13-16(17)18(23)28-22/h6-14H,4-5H2,1-3H3/t22-/m1/s1. The highest BCUT2D eigenvalue weighted by atomic mass is 16.6. The van der Waals surface area contributed by atoms with Crippen LogP contribution in [0, 0.1) is 5.41 Å². The molecule has 1 aliphatic rings. The zero-order valence-corrected chi connectivity index (χ0v) is 16.1. The summed E-state index contributed by atoms with van der Waals surface area (Å²) in [5, 5.41) is 0. The van der Waals surface area contributed by atoms with Crippen molar-refractivity contribution in [2.75, 3.05) is 13.2 Å². The number of ether oxygens (including phenoxy) is 3. The Morgan fingerprint density at radius 1 is 0.929 bits per heavy atom. The molecule has 146 valence electrons. The van der Waals surface area contributed by atoms with Crippen molar-refractivity contribution in [1.82, 2.24) is 0 Å². The first-order valence-corrected chi connectivity index (χ1v) is 9.16. The first-order chi connectivity index (χ1) is 13.4. The fraction of sp³-hybridized carbons (Fsp3) is 0.318. The van der Waals surface area contributed by atoms with Gasteiger partial charge in [-0.2, -0.15) is 0 Å². The van der Waals surface area contributed by atoms with Crippen LogP contribution in [0.15, 0.2) is 54.6 Å². The number of esters is 3. The summed E-state index contributed by atoms with van der Waals surface area (Å²) >= 11 is 0. The fourth-order valence-corrected chi connectivity index (χ4v) is 3.69. The highest BCUT2D eigenvalue weighted by Gasteiger charge is 2.68. The first-order valence-electron chi connectivity index (χ1n) is 9.16. The normalized spacial score (nSPS) is 18.2. The van der Waals surface area contributed by atoms with Gasteiger partial charge in [-0.1, -0.05) is 48.5 Å². The summed E-state index contributed by atoms with van der Waals surface area (Å²) in [6, 6.07) is 15.5. The first kappa shape index (κ1) is 19.6. The minimum Gasteiger partial charge on any atom is -0.465 e. The topological polar surface area (TPSA) is 78.9 Å². The summed E-state index contributed by atoms with van der Waals surface area (Å²) in [4.78, 5) is 39.0. The Hall–Kier alpha value is -3.15. The van der Waals surface area contributed by atoms with Crippen LogP contribution < -0.4 is 0 Å². The Kier molecular flexibility index (Phi) is 5.23. The highest BCUT2D eigenvalue weighted by molar-refractivity contribution is 6.05. The second kappa shape index (κ2) is 7.46. The van der Waals surface area contributed by atoms with Gasteiger partial charge in [0, 0.05) is 11.1 Å². The zero-order chi connectivity index (χ0) is 20.4. The number of carbonyl (C=O) groups is 3. The molecule has 0 saturated carbocycles. The van der Waals surface area contributed by atoms with Crippen molar-refractivity contribution in [3.8, 4) is 0 Å². The van der Waals surface area contributed by atoms with Crippen molar-refractivity contribution in [2.24, 2.45) is 5.41 Å². The van der Waals surface area contributed by atoms with Crippen LogP contribution in [0.3, 0.4) is 0 Å². The van der Waals surface area contributed by atoms with Crippen molar-refractivity contribution < 1.29 is 28.6 Å². The molecule has 0 aliphatic carbocycles. The van der Waals surface area contributed by atoms with E-state index in [1.54, 1.807) is 68.4 Å². The molecule has 1 heterocycles. The van der Waals surface area contributed by atoms with E-state index < -0.39 is 28.9 Å². The minimum atomic E-state index is -1.94. The lowest BCUT2D eigenvalue weighted by Gasteiger charge is -2.41. The Balaban J connectivity index is 2.38. The number of cyclic esters (lactones) is 1. The van der Waals surface area contributed by atoms with Gasteiger partial charge in [-0.25, -0.2) is 4.79 Å². The number of benzene rings is 2. The fourth-order valence-electron chi connectivity index (χ4n) is 3.69. The summed E-state index contributed by atoms with van der Waals surface area (Å²) in [7, 11) is 0. The molecule has 0 spiro atoms. The smallest absolute Gasteiger partial charge is 0.339 e. The molecule has 1 atom stereocenters. The zero-order valence-electron chi connectivity index (χ0n) is 16.1. The minimum absolute atomic E-state index is 0.0638. The van der Waals surface area contributed by atoms with Gasteiger partial charge in [0.15, 0.2) is 5.60 Å². The predicted octanol–water partition coefficient (Wildman–Crippen LogP) is 3.23. The molecule has 0 radical (unpaired) electrons. The molecule has 3 rings (SSSR count). The Morgan fingerprint density at radius 2 is 1.46 bits per heavy atom. The Morgan fingerprint density at radius 3 is 2.04 bits per heavy atom. The maximum absolute atomic E-state index is 13.1. The van der Waals surface area contributed by atoms with Crippen LogP contribution in [0.4, 0.5) is 0 Å². The van der Waals surface area contributed by atoms with Crippen LogP contribution in [0.2, 0.25) is 0 Å². The maximum atomic E-state index is 13.1. The molecule has 2 aromatic rings. The summed E-state index contributed by atoms with van der Waals surface area (Å²) < 4.78 is 16.4. The third-order valence-corrected chi connectivity index (χ3v) is 5.02. The lowest BCUT2D eigenvalue weighted by atomic mass is 9.65. The molecule has 0 aromatic heterocycles. The molecule has 0 bridgehead atoms. The van der Waals surface area contributed by atoms with E-state index in [9.17, 15) is 14.4 Å². The second-order valence-electron chi connectivity index (χ2n) is 6.55. The average molecular weight is 382 g/mol. The SMILES string of the molecule is CCOC(=O)C(C)(C(=O)OCC)[C@]1(c2ccccc2)OC(=O)c2ccccc21. The quantitative estimate of drug-likeness (QED) is 0.434. The largest absolute Gasteiger partial charge is 0.465 e. The van der Waals surface area contributed by atoms with E-state index in [0.717, 1.165) is 0 Å². The molecular weight excluding hydrogens is 360 g/mol. The lowest BCUT2D eigenvalue weighted by Crippen LogP contribution is -2.56. The molecular formula is C22H22O6. The third-order valence-electron chi connectivity index (χ3n) is 5.02. The van der Waals surface area contributed by atoms with Gasteiger partial charge in [0.05, 0.1) is 18.8 Å². The van der Waals surface area contributed by atoms with Gasteiger partial charge in [-0.15, -0.1) is 0 Å². The van der Waals surface area contributed by atoms with Crippen molar-refractivity contribution in [3.05, 3.63) is 71.3 Å². The van der Waals surface area contributed by atoms with E-state index >= 15 is 0 Å². The summed E-state index contributed by atoms with van der Waals surface area (Å²) in [6.07, 6.45) is 0.